The predicted octanol–water partition coefficient (Wildman–Crippen LogP) is 5.40. The van der Waals surface area contributed by atoms with E-state index in [-0.39, 0.29) is 11.8 Å². The van der Waals surface area contributed by atoms with Gasteiger partial charge in [-0.25, -0.2) is 0 Å². The van der Waals surface area contributed by atoms with E-state index in [0.29, 0.717) is 31.0 Å². The van der Waals surface area contributed by atoms with Gasteiger partial charge in [-0.15, -0.1) is 11.8 Å². The zero-order valence-electron chi connectivity index (χ0n) is 21.4. The Bertz CT molecular complexity index is 1100. The summed E-state index contributed by atoms with van der Waals surface area (Å²) >= 11 is 1.56. The third-order valence-electron chi connectivity index (χ3n) is 6.08. The summed E-state index contributed by atoms with van der Waals surface area (Å²) in [6.07, 6.45) is 1.31. The second kappa shape index (κ2) is 14.3. The third kappa shape index (κ3) is 8.16. The van der Waals surface area contributed by atoms with Crippen LogP contribution in [0.2, 0.25) is 0 Å². The molecule has 3 aromatic carbocycles. The molecule has 0 saturated carbocycles. The number of thioether (sulfide) groups is 1. The largest absolute Gasteiger partial charge is 0.497 e. The van der Waals surface area contributed by atoms with Crippen LogP contribution in [0.25, 0.3) is 0 Å². The molecule has 36 heavy (non-hydrogen) atoms. The molecule has 0 heterocycles. The van der Waals surface area contributed by atoms with Crippen LogP contribution in [0.4, 0.5) is 0 Å². The molecular weight excluding hydrogens is 468 g/mol. The molecule has 2 amide bonds. The first-order chi connectivity index (χ1) is 17.5. The molecule has 190 valence electrons. The number of rotatable bonds is 13. The topological polar surface area (TPSA) is 58.6 Å². The van der Waals surface area contributed by atoms with E-state index in [1.165, 1.54) is 0 Å². The van der Waals surface area contributed by atoms with Crippen molar-refractivity contribution in [1.82, 2.24) is 10.2 Å². The highest BCUT2D eigenvalue weighted by Crippen LogP contribution is 2.21. The second-order valence-electron chi connectivity index (χ2n) is 8.79. The van der Waals surface area contributed by atoms with E-state index < -0.39 is 6.04 Å². The van der Waals surface area contributed by atoms with E-state index in [4.69, 9.17) is 4.74 Å². The summed E-state index contributed by atoms with van der Waals surface area (Å²) in [6, 6.07) is 25.2. The lowest BCUT2D eigenvalue weighted by Crippen LogP contribution is -2.51. The number of nitrogens with one attached hydrogen (secondary N) is 1. The fraction of sp³-hybridized carbons (Fsp3) is 0.333. The number of carbonyl (C=O) groups excluding carboxylic acids is 2. The van der Waals surface area contributed by atoms with Gasteiger partial charge in [-0.1, -0.05) is 73.7 Å². The highest BCUT2D eigenvalue weighted by molar-refractivity contribution is 7.99. The van der Waals surface area contributed by atoms with Gasteiger partial charge in [0.05, 0.1) is 12.9 Å². The number of carbonyl (C=O) groups is 2. The van der Waals surface area contributed by atoms with Crippen LogP contribution < -0.4 is 10.1 Å². The molecular formula is C30H36N2O3S. The number of amides is 2. The van der Waals surface area contributed by atoms with Gasteiger partial charge < -0.3 is 15.0 Å². The minimum atomic E-state index is -0.590. The molecule has 0 aromatic heterocycles. The number of nitrogens with zero attached hydrogens (tertiary/aromatic N) is 1. The Kier molecular flexibility index (Phi) is 10.9. The minimum absolute atomic E-state index is 0.0376. The molecule has 0 fully saturated rings. The molecule has 0 saturated heterocycles. The van der Waals surface area contributed by atoms with E-state index in [1.54, 1.807) is 23.8 Å². The first-order valence-corrected chi connectivity index (χ1v) is 13.5. The summed E-state index contributed by atoms with van der Waals surface area (Å²) in [4.78, 5) is 28.8. The fourth-order valence-corrected chi connectivity index (χ4v) is 4.82. The molecule has 1 unspecified atom stereocenters. The molecule has 0 aliphatic heterocycles. The second-order valence-corrected chi connectivity index (χ2v) is 9.77. The maximum atomic E-state index is 13.7. The molecule has 0 spiro atoms. The molecule has 3 rings (SSSR count). The zero-order chi connectivity index (χ0) is 25.8. The number of methoxy groups -OCH3 is 1. The van der Waals surface area contributed by atoms with Crippen molar-refractivity contribution >= 4 is 23.6 Å². The van der Waals surface area contributed by atoms with Gasteiger partial charge in [0.25, 0.3) is 0 Å². The Morgan fingerprint density at radius 2 is 1.64 bits per heavy atom. The summed E-state index contributed by atoms with van der Waals surface area (Å²) in [6.45, 7) is 5.05. The molecule has 0 bridgehead atoms. The molecule has 0 aliphatic carbocycles. The van der Waals surface area contributed by atoms with Crippen LogP contribution in [0.3, 0.4) is 0 Å². The van der Waals surface area contributed by atoms with Gasteiger partial charge in [-0.05, 0) is 47.7 Å². The SMILES string of the molecule is CCCNC(=O)C(Cc1ccccc1)N(Cc1ccccc1C)C(=O)CSCc1ccc(OC)cc1. The fourth-order valence-electron chi connectivity index (χ4n) is 3.95. The lowest BCUT2D eigenvalue weighted by molar-refractivity contribution is -0.139. The Hall–Kier alpha value is -3.25. The third-order valence-corrected chi connectivity index (χ3v) is 7.06. The van der Waals surface area contributed by atoms with Crippen molar-refractivity contribution in [2.24, 2.45) is 0 Å². The number of benzene rings is 3. The molecule has 1 N–H and O–H groups in total. The van der Waals surface area contributed by atoms with Crippen molar-refractivity contribution in [3.05, 3.63) is 101 Å². The van der Waals surface area contributed by atoms with Gasteiger partial charge in [-0.3, -0.25) is 9.59 Å². The number of ether oxygens (including phenoxy) is 1. The summed E-state index contributed by atoms with van der Waals surface area (Å²) in [5.41, 5.74) is 4.31. The first kappa shape index (κ1) is 27.3. The maximum absolute atomic E-state index is 13.7. The van der Waals surface area contributed by atoms with Crippen LogP contribution in [0.5, 0.6) is 5.75 Å². The number of hydrogen-bond donors (Lipinski definition) is 1. The van der Waals surface area contributed by atoms with Gasteiger partial charge in [0.15, 0.2) is 0 Å². The van der Waals surface area contributed by atoms with Crippen molar-refractivity contribution < 1.29 is 14.3 Å². The number of aryl methyl sites for hydroxylation is 1. The Morgan fingerprint density at radius 1 is 0.944 bits per heavy atom. The summed E-state index contributed by atoms with van der Waals surface area (Å²) < 4.78 is 5.23. The van der Waals surface area contributed by atoms with Crippen molar-refractivity contribution in [3.8, 4) is 5.75 Å². The molecule has 0 radical (unpaired) electrons. The van der Waals surface area contributed by atoms with E-state index in [9.17, 15) is 9.59 Å². The van der Waals surface area contributed by atoms with Gasteiger partial charge in [0.1, 0.15) is 11.8 Å². The highest BCUT2D eigenvalue weighted by atomic mass is 32.2. The molecule has 3 aromatic rings. The van der Waals surface area contributed by atoms with E-state index in [0.717, 1.165) is 34.4 Å². The zero-order valence-corrected chi connectivity index (χ0v) is 22.2. The van der Waals surface area contributed by atoms with E-state index in [2.05, 4.69) is 5.32 Å². The van der Waals surface area contributed by atoms with Crippen LogP contribution in [0.15, 0.2) is 78.9 Å². The number of hydrogen-bond acceptors (Lipinski definition) is 4. The highest BCUT2D eigenvalue weighted by Gasteiger charge is 2.30. The first-order valence-electron chi connectivity index (χ1n) is 12.4. The van der Waals surface area contributed by atoms with Gasteiger partial charge in [0.2, 0.25) is 11.8 Å². The van der Waals surface area contributed by atoms with Crippen molar-refractivity contribution in [2.75, 3.05) is 19.4 Å². The van der Waals surface area contributed by atoms with E-state index >= 15 is 0 Å². The Labute approximate surface area is 219 Å². The van der Waals surface area contributed by atoms with Gasteiger partial charge in [-0.2, -0.15) is 0 Å². The van der Waals surface area contributed by atoms with Crippen molar-refractivity contribution in [3.63, 3.8) is 0 Å². The quantitative estimate of drug-likeness (QED) is 0.338. The summed E-state index contributed by atoms with van der Waals surface area (Å²) in [7, 11) is 1.65. The van der Waals surface area contributed by atoms with Crippen molar-refractivity contribution in [2.45, 2.75) is 45.0 Å². The molecule has 0 aliphatic rings. The molecule has 5 nitrogen and oxygen atoms in total. The van der Waals surface area contributed by atoms with Gasteiger partial charge in [0, 0.05) is 25.3 Å². The summed E-state index contributed by atoms with van der Waals surface area (Å²) in [5.74, 6) is 1.67. The Balaban J connectivity index is 1.82. The van der Waals surface area contributed by atoms with Crippen LogP contribution in [0.1, 0.15) is 35.6 Å². The monoisotopic (exact) mass is 504 g/mol. The van der Waals surface area contributed by atoms with Crippen LogP contribution >= 0.6 is 11.8 Å². The Morgan fingerprint density at radius 3 is 2.31 bits per heavy atom. The van der Waals surface area contributed by atoms with E-state index in [1.807, 2.05) is 92.7 Å². The van der Waals surface area contributed by atoms with Gasteiger partial charge >= 0.3 is 0 Å². The molecule has 6 heteroatoms. The lowest BCUT2D eigenvalue weighted by atomic mass is 10.0. The minimum Gasteiger partial charge on any atom is -0.497 e. The normalized spacial score (nSPS) is 11.5. The van der Waals surface area contributed by atoms with Crippen molar-refractivity contribution in [1.29, 1.82) is 0 Å². The predicted molar refractivity (Wildman–Crippen MR) is 148 cm³/mol. The summed E-state index contributed by atoms with van der Waals surface area (Å²) in [5, 5.41) is 3.03. The standard InChI is InChI=1S/C30H36N2O3S/c1-4-18-31-30(34)28(19-24-11-6-5-7-12-24)32(20-26-13-9-8-10-23(26)2)29(33)22-36-21-25-14-16-27(35-3)17-15-25/h5-17,28H,4,18-22H2,1-3H3,(H,31,34). The smallest absolute Gasteiger partial charge is 0.243 e. The van der Waals surface area contributed by atoms with Crippen LogP contribution in [-0.2, 0) is 28.3 Å². The average Bonchev–Trinajstić information content (AvgIpc) is 2.91. The average molecular weight is 505 g/mol. The van der Waals surface area contributed by atoms with Crippen LogP contribution in [-0.4, -0.2) is 42.2 Å². The van der Waals surface area contributed by atoms with Crippen LogP contribution in [0, 0.1) is 6.92 Å². The maximum Gasteiger partial charge on any atom is 0.243 e. The lowest BCUT2D eigenvalue weighted by Gasteiger charge is -2.32. The molecule has 1 atom stereocenters.